The number of hydrogen-bond donors (Lipinski definition) is 2. The Morgan fingerprint density at radius 2 is 2.03 bits per heavy atom. The molecule has 2 aromatic rings. The van der Waals surface area contributed by atoms with Gasteiger partial charge < -0.3 is 19.7 Å². The van der Waals surface area contributed by atoms with E-state index in [0.29, 0.717) is 55.3 Å². The van der Waals surface area contributed by atoms with Gasteiger partial charge in [-0.3, -0.25) is 14.7 Å². The minimum Gasteiger partial charge on any atom is -0.484 e. The van der Waals surface area contributed by atoms with Crippen molar-refractivity contribution in [3.05, 3.63) is 40.7 Å². The molecular formula is C21H26N4O4. The summed E-state index contributed by atoms with van der Waals surface area (Å²) in [6.07, 6.45) is 1.34. The molecule has 2 amide bonds. The summed E-state index contributed by atoms with van der Waals surface area (Å²) >= 11 is 0. The fourth-order valence-electron chi connectivity index (χ4n) is 3.97. The highest BCUT2D eigenvalue weighted by Crippen LogP contribution is 2.35. The summed E-state index contributed by atoms with van der Waals surface area (Å²) in [6, 6.07) is 5.61. The van der Waals surface area contributed by atoms with Crippen LogP contribution in [0.3, 0.4) is 0 Å². The molecule has 0 unspecified atom stereocenters. The van der Waals surface area contributed by atoms with E-state index in [1.807, 2.05) is 39.0 Å². The first-order valence-corrected chi connectivity index (χ1v) is 9.85. The number of carbonyl (C=O) groups excluding carboxylic acids is 2. The highest BCUT2D eigenvalue weighted by Gasteiger charge is 2.42. The predicted molar refractivity (Wildman–Crippen MR) is 107 cm³/mol. The summed E-state index contributed by atoms with van der Waals surface area (Å²) in [4.78, 5) is 27.7. The minimum absolute atomic E-state index is 0.0533. The van der Waals surface area contributed by atoms with Gasteiger partial charge in [0, 0.05) is 12.8 Å². The number of ether oxygens (including phenoxy) is 2. The molecule has 4 rings (SSSR count). The molecule has 8 nitrogen and oxygen atoms in total. The first kappa shape index (κ1) is 19.4. The quantitative estimate of drug-likeness (QED) is 0.827. The largest absolute Gasteiger partial charge is 0.484 e. The maximum absolute atomic E-state index is 13.3. The maximum Gasteiger partial charge on any atom is 0.258 e. The van der Waals surface area contributed by atoms with Gasteiger partial charge in [0.25, 0.3) is 5.91 Å². The Bertz CT molecular complexity index is 927. The van der Waals surface area contributed by atoms with Crippen molar-refractivity contribution < 1.29 is 19.1 Å². The molecule has 0 bridgehead atoms. The molecule has 2 N–H and O–H groups in total. The van der Waals surface area contributed by atoms with Crippen molar-refractivity contribution in [3.63, 3.8) is 0 Å². The molecule has 29 heavy (non-hydrogen) atoms. The first-order valence-electron chi connectivity index (χ1n) is 9.85. The number of amides is 2. The van der Waals surface area contributed by atoms with Gasteiger partial charge in [-0.1, -0.05) is 11.6 Å². The maximum atomic E-state index is 13.3. The van der Waals surface area contributed by atoms with Crippen LogP contribution in [0.1, 0.15) is 40.2 Å². The molecule has 0 atom stereocenters. The minimum atomic E-state index is -0.545. The summed E-state index contributed by atoms with van der Waals surface area (Å²) in [5.41, 5.74) is 3.07. The van der Waals surface area contributed by atoms with Crippen molar-refractivity contribution in [2.75, 3.05) is 31.6 Å². The summed E-state index contributed by atoms with van der Waals surface area (Å²) in [6.45, 7) is 7.04. The van der Waals surface area contributed by atoms with Crippen LogP contribution in [0.15, 0.2) is 18.2 Å². The number of fused-ring (bicyclic) bond motifs is 1. The summed E-state index contributed by atoms with van der Waals surface area (Å²) in [7, 11) is 0. The van der Waals surface area contributed by atoms with Crippen LogP contribution in [0.2, 0.25) is 0 Å². The lowest BCUT2D eigenvalue weighted by Crippen LogP contribution is -2.52. The number of aromatic amines is 1. The Balaban J connectivity index is 1.62. The number of rotatable bonds is 3. The van der Waals surface area contributed by atoms with Gasteiger partial charge in [0.15, 0.2) is 0 Å². The lowest BCUT2D eigenvalue weighted by atomic mass is 9.93. The summed E-state index contributed by atoms with van der Waals surface area (Å²) < 4.78 is 11.9. The average Bonchev–Trinajstić information content (AvgIpc) is 2.95. The number of aromatic nitrogens is 2. The van der Waals surface area contributed by atoms with Crippen LogP contribution in [0.25, 0.3) is 0 Å². The van der Waals surface area contributed by atoms with Crippen molar-refractivity contribution in [2.24, 2.45) is 0 Å². The smallest absolute Gasteiger partial charge is 0.258 e. The molecule has 0 radical (unpaired) electrons. The third kappa shape index (κ3) is 3.85. The molecule has 0 aliphatic carbocycles. The number of nitrogens with zero attached hydrogens (tertiary/aromatic N) is 2. The molecule has 2 aliphatic rings. The van der Waals surface area contributed by atoms with Crippen LogP contribution < -0.4 is 10.1 Å². The van der Waals surface area contributed by atoms with Gasteiger partial charge in [-0.2, -0.15) is 5.10 Å². The Morgan fingerprint density at radius 1 is 1.28 bits per heavy atom. The van der Waals surface area contributed by atoms with Crippen molar-refractivity contribution in [2.45, 2.75) is 39.2 Å². The molecule has 1 aromatic heterocycles. The third-order valence-electron chi connectivity index (χ3n) is 5.59. The van der Waals surface area contributed by atoms with Crippen molar-refractivity contribution >= 4 is 17.5 Å². The van der Waals surface area contributed by atoms with Crippen LogP contribution in [-0.2, 0) is 9.53 Å². The average molecular weight is 398 g/mol. The monoisotopic (exact) mass is 398 g/mol. The molecule has 2 aliphatic heterocycles. The topological polar surface area (TPSA) is 96.6 Å². The molecule has 1 aromatic carbocycles. The van der Waals surface area contributed by atoms with Gasteiger partial charge in [-0.25, -0.2) is 0 Å². The van der Waals surface area contributed by atoms with E-state index in [0.717, 1.165) is 11.3 Å². The van der Waals surface area contributed by atoms with E-state index in [2.05, 4.69) is 15.5 Å². The van der Waals surface area contributed by atoms with E-state index >= 15 is 0 Å². The number of carbonyl (C=O) groups is 2. The molecule has 3 heterocycles. The van der Waals surface area contributed by atoms with Gasteiger partial charge >= 0.3 is 0 Å². The van der Waals surface area contributed by atoms with Crippen molar-refractivity contribution in [1.29, 1.82) is 0 Å². The van der Waals surface area contributed by atoms with Gasteiger partial charge in [0.1, 0.15) is 17.9 Å². The Kier molecular flexibility index (Phi) is 5.04. The molecule has 8 heteroatoms. The van der Waals surface area contributed by atoms with Gasteiger partial charge in [0.2, 0.25) is 5.91 Å². The van der Waals surface area contributed by atoms with Gasteiger partial charge in [0.05, 0.1) is 42.4 Å². The molecule has 1 saturated heterocycles. The molecule has 154 valence electrons. The SMILES string of the molecule is Cc1ccc2c(c1)C(=O)N(CC(=O)Nc1c(C)n[nH]c1C)CC1(CCOCC1)O2. The van der Waals surface area contributed by atoms with E-state index in [1.165, 1.54) is 0 Å². The van der Waals surface area contributed by atoms with Crippen molar-refractivity contribution in [3.8, 4) is 5.75 Å². The number of anilines is 1. The van der Waals surface area contributed by atoms with Crippen LogP contribution in [0.4, 0.5) is 5.69 Å². The zero-order valence-corrected chi connectivity index (χ0v) is 17.0. The number of benzene rings is 1. The first-order chi connectivity index (χ1) is 13.9. The zero-order chi connectivity index (χ0) is 20.6. The highest BCUT2D eigenvalue weighted by molar-refractivity contribution is 6.01. The van der Waals surface area contributed by atoms with E-state index in [-0.39, 0.29) is 18.4 Å². The number of nitrogens with one attached hydrogen (secondary N) is 2. The van der Waals surface area contributed by atoms with Gasteiger partial charge in [-0.15, -0.1) is 0 Å². The normalized spacial score (nSPS) is 18.2. The van der Waals surface area contributed by atoms with E-state index in [1.54, 1.807) is 4.90 Å². The fourth-order valence-corrected chi connectivity index (χ4v) is 3.97. The van der Waals surface area contributed by atoms with Crippen LogP contribution >= 0.6 is 0 Å². The molecule has 0 saturated carbocycles. The van der Waals surface area contributed by atoms with Crippen LogP contribution in [0, 0.1) is 20.8 Å². The number of H-pyrrole nitrogens is 1. The Hall–Kier alpha value is -2.87. The van der Waals surface area contributed by atoms with E-state index in [9.17, 15) is 9.59 Å². The third-order valence-corrected chi connectivity index (χ3v) is 5.59. The van der Waals surface area contributed by atoms with Crippen LogP contribution in [-0.4, -0.2) is 58.8 Å². The Labute approximate surface area is 169 Å². The van der Waals surface area contributed by atoms with Crippen molar-refractivity contribution in [1.82, 2.24) is 15.1 Å². The second-order valence-corrected chi connectivity index (χ2v) is 7.92. The molecular weight excluding hydrogens is 372 g/mol. The fraction of sp³-hybridized carbons (Fsp3) is 0.476. The standard InChI is InChI=1S/C21H26N4O4/c1-13-4-5-17-16(10-13)20(27)25(12-21(29-17)6-8-28-9-7-21)11-18(26)22-19-14(2)23-24-15(19)3/h4-5,10H,6-9,11-12H2,1-3H3,(H,22,26)(H,23,24). The number of aryl methyl sites for hydroxylation is 3. The lowest BCUT2D eigenvalue weighted by molar-refractivity contribution is -0.117. The van der Waals surface area contributed by atoms with E-state index in [4.69, 9.17) is 9.47 Å². The summed E-state index contributed by atoms with van der Waals surface area (Å²) in [5.74, 6) is 0.124. The zero-order valence-electron chi connectivity index (χ0n) is 17.0. The number of hydrogen-bond acceptors (Lipinski definition) is 5. The highest BCUT2D eigenvalue weighted by atomic mass is 16.5. The Morgan fingerprint density at radius 3 is 2.72 bits per heavy atom. The van der Waals surface area contributed by atoms with E-state index < -0.39 is 5.60 Å². The molecule has 1 fully saturated rings. The molecule has 1 spiro atoms. The second kappa shape index (κ2) is 7.51. The van der Waals surface area contributed by atoms with Gasteiger partial charge in [-0.05, 0) is 32.9 Å². The van der Waals surface area contributed by atoms with Crippen LogP contribution in [0.5, 0.6) is 5.75 Å². The lowest BCUT2D eigenvalue weighted by Gasteiger charge is -2.38. The predicted octanol–water partition coefficient (Wildman–Crippen LogP) is 2.36. The summed E-state index contributed by atoms with van der Waals surface area (Å²) in [5, 5.41) is 9.83. The second-order valence-electron chi connectivity index (χ2n) is 7.92.